The van der Waals surface area contributed by atoms with Crippen molar-refractivity contribution in [2.75, 3.05) is 4.90 Å². The quantitative estimate of drug-likeness (QED) is 0.760. The van der Waals surface area contributed by atoms with Gasteiger partial charge >= 0.3 is 0 Å². The molecule has 1 amide bonds. The second-order valence-corrected chi connectivity index (χ2v) is 6.65. The number of nitrogens with one attached hydrogen (secondary N) is 2. The van der Waals surface area contributed by atoms with Crippen molar-refractivity contribution in [2.45, 2.75) is 33.0 Å². The Morgan fingerprint density at radius 2 is 1.88 bits per heavy atom. The van der Waals surface area contributed by atoms with Crippen LogP contribution in [-0.4, -0.2) is 21.1 Å². The Bertz CT molecular complexity index is 924. The minimum atomic E-state index is -0.257. The first kappa shape index (κ1) is 16.3. The number of anilines is 1. The maximum atomic E-state index is 12.6. The molecule has 1 unspecified atom stereocenters. The highest BCUT2D eigenvalue weighted by Crippen LogP contribution is 2.28. The molecule has 2 N–H and O–H groups in total. The molecule has 0 aliphatic carbocycles. The molecule has 0 fully saturated rings. The molecule has 0 radical (unpaired) electrons. The molecule has 26 heavy (non-hydrogen) atoms. The standard InChI is InChI=1S/C20H21N5O/c1-13(19-22-14(2)23-24-19)21-20(26)15-8-5-9-18(10-15)25-11-16-6-3-4-7-17(16)12-25/h3-10,13H,11-12H2,1-2H3,(H,21,26)(H,22,23,24). The van der Waals surface area contributed by atoms with Gasteiger partial charge in [0.25, 0.3) is 5.91 Å². The normalized spacial score (nSPS) is 14.2. The lowest BCUT2D eigenvalue weighted by molar-refractivity contribution is 0.0938. The number of carbonyl (C=O) groups is 1. The number of nitrogens with zero attached hydrogens (tertiary/aromatic N) is 3. The van der Waals surface area contributed by atoms with Gasteiger partial charge in [-0.25, -0.2) is 4.98 Å². The molecular formula is C20H21N5O. The fourth-order valence-corrected chi connectivity index (χ4v) is 3.26. The van der Waals surface area contributed by atoms with Crippen LogP contribution in [0.15, 0.2) is 48.5 Å². The van der Waals surface area contributed by atoms with Crippen molar-refractivity contribution < 1.29 is 4.79 Å². The Balaban J connectivity index is 1.48. The van der Waals surface area contributed by atoms with Crippen molar-refractivity contribution in [2.24, 2.45) is 0 Å². The van der Waals surface area contributed by atoms with Crippen molar-refractivity contribution in [3.05, 3.63) is 76.9 Å². The number of hydrogen-bond acceptors (Lipinski definition) is 4. The molecule has 4 rings (SSSR count). The number of rotatable bonds is 4. The van der Waals surface area contributed by atoms with Gasteiger partial charge in [0.2, 0.25) is 0 Å². The van der Waals surface area contributed by atoms with Crippen molar-refractivity contribution in [3.63, 3.8) is 0 Å². The van der Waals surface area contributed by atoms with Crippen LogP contribution in [0.2, 0.25) is 0 Å². The molecule has 1 atom stereocenters. The van der Waals surface area contributed by atoms with Crippen molar-refractivity contribution in [1.29, 1.82) is 0 Å². The summed E-state index contributed by atoms with van der Waals surface area (Å²) in [5, 5.41) is 9.86. The van der Waals surface area contributed by atoms with E-state index in [2.05, 4.69) is 49.7 Å². The Labute approximate surface area is 152 Å². The van der Waals surface area contributed by atoms with E-state index in [4.69, 9.17) is 0 Å². The summed E-state index contributed by atoms with van der Waals surface area (Å²) in [4.78, 5) is 19.2. The Morgan fingerprint density at radius 3 is 2.54 bits per heavy atom. The summed E-state index contributed by atoms with van der Waals surface area (Å²) in [5.74, 6) is 1.19. The molecule has 2 heterocycles. The SMILES string of the molecule is Cc1nc(C(C)NC(=O)c2cccc(N3Cc4ccccc4C3)c2)n[nH]1. The lowest BCUT2D eigenvalue weighted by Gasteiger charge is -2.19. The number of fused-ring (bicyclic) bond motifs is 1. The zero-order valence-electron chi connectivity index (χ0n) is 14.9. The third-order valence-corrected chi connectivity index (χ3v) is 4.66. The van der Waals surface area contributed by atoms with Crippen LogP contribution in [0.1, 0.15) is 46.1 Å². The third-order valence-electron chi connectivity index (χ3n) is 4.66. The van der Waals surface area contributed by atoms with Gasteiger partial charge in [-0.1, -0.05) is 30.3 Å². The van der Waals surface area contributed by atoms with Crippen LogP contribution in [0.4, 0.5) is 5.69 Å². The smallest absolute Gasteiger partial charge is 0.251 e. The van der Waals surface area contributed by atoms with E-state index in [9.17, 15) is 4.79 Å². The summed E-state index contributed by atoms with van der Waals surface area (Å²) in [6.45, 7) is 5.45. The van der Waals surface area contributed by atoms with Gasteiger partial charge < -0.3 is 10.2 Å². The highest BCUT2D eigenvalue weighted by atomic mass is 16.1. The highest BCUT2D eigenvalue weighted by Gasteiger charge is 2.20. The van der Waals surface area contributed by atoms with Crippen LogP contribution in [0.3, 0.4) is 0 Å². The average molecular weight is 347 g/mol. The molecule has 2 aromatic carbocycles. The van der Waals surface area contributed by atoms with Crippen LogP contribution in [0, 0.1) is 6.92 Å². The van der Waals surface area contributed by atoms with E-state index < -0.39 is 0 Å². The molecule has 3 aromatic rings. The van der Waals surface area contributed by atoms with E-state index in [1.165, 1.54) is 11.1 Å². The van der Waals surface area contributed by atoms with Crippen LogP contribution >= 0.6 is 0 Å². The second kappa shape index (κ2) is 6.63. The summed E-state index contributed by atoms with van der Waals surface area (Å²) in [7, 11) is 0. The predicted octanol–water partition coefficient (Wildman–Crippen LogP) is 3.12. The molecule has 1 aliphatic heterocycles. The number of aromatic nitrogens is 3. The van der Waals surface area contributed by atoms with Gasteiger partial charge in [-0.3, -0.25) is 9.89 Å². The van der Waals surface area contributed by atoms with Crippen molar-refractivity contribution in [3.8, 4) is 0 Å². The van der Waals surface area contributed by atoms with E-state index in [-0.39, 0.29) is 11.9 Å². The molecule has 0 saturated heterocycles. The lowest BCUT2D eigenvalue weighted by atomic mass is 10.1. The van der Waals surface area contributed by atoms with E-state index >= 15 is 0 Å². The fraction of sp³-hybridized carbons (Fsp3) is 0.250. The van der Waals surface area contributed by atoms with E-state index in [1.807, 2.05) is 38.1 Å². The predicted molar refractivity (Wildman–Crippen MR) is 99.8 cm³/mol. The largest absolute Gasteiger partial charge is 0.363 e. The van der Waals surface area contributed by atoms with Gasteiger partial charge in [-0.2, -0.15) is 5.10 Å². The molecule has 0 bridgehead atoms. The zero-order valence-corrected chi connectivity index (χ0v) is 14.9. The molecule has 1 aliphatic rings. The summed E-state index contributed by atoms with van der Waals surface area (Å²) >= 11 is 0. The zero-order chi connectivity index (χ0) is 18.1. The molecule has 6 nitrogen and oxygen atoms in total. The fourth-order valence-electron chi connectivity index (χ4n) is 3.26. The molecule has 0 spiro atoms. The maximum absolute atomic E-state index is 12.6. The molecule has 0 saturated carbocycles. The van der Waals surface area contributed by atoms with Gasteiger partial charge in [0.15, 0.2) is 5.82 Å². The number of H-pyrrole nitrogens is 1. The number of hydrogen-bond donors (Lipinski definition) is 2. The molecule has 6 heteroatoms. The van der Waals surface area contributed by atoms with E-state index in [0.29, 0.717) is 11.4 Å². The Kier molecular flexibility index (Phi) is 4.16. The van der Waals surface area contributed by atoms with Gasteiger partial charge in [0.1, 0.15) is 5.82 Å². The maximum Gasteiger partial charge on any atom is 0.251 e. The summed E-state index contributed by atoms with van der Waals surface area (Å²) in [5.41, 5.74) is 4.37. The van der Waals surface area contributed by atoms with Gasteiger partial charge in [0.05, 0.1) is 6.04 Å². The first-order valence-electron chi connectivity index (χ1n) is 8.72. The average Bonchev–Trinajstić information content (AvgIpc) is 3.28. The number of carbonyl (C=O) groups excluding carboxylic acids is 1. The first-order chi connectivity index (χ1) is 12.6. The van der Waals surface area contributed by atoms with Crippen molar-refractivity contribution >= 4 is 11.6 Å². The Morgan fingerprint density at radius 1 is 1.15 bits per heavy atom. The van der Waals surface area contributed by atoms with Gasteiger partial charge in [0, 0.05) is 24.3 Å². The first-order valence-corrected chi connectivity index (χ1v) is 8.72. The molecular weight excluding hydrogens is 326 g/mol. The third kappa shape index (κ3) is 3.18. The number of aryl methyl sites for hydroxylation is 1. The van der Waals surface area contributed by atoms with Crippen molar-refractivity contribution in [1.82, 2.24) is 20.5 Å². The van der Waals surface area contributed by atoms with Gasteiger partial charge in [-0.15, -0.1) is 0 Å². The van der Waals surface area contributed by atoms with Crippen LogP contribution in [0.5, 0.6) is 0 Å². The lowest BCUT2D eigenvalue weighted by Crippen LogP contribution is -2.27. The number of aromatic amines is 1. The topological polar surface area (TPSA) is 73.9 Å². The summed E-state index contributed by atoms with van der Waals surface area (Å²) in [6.07, 6.45) is 0. The Hall–Kier alpha value is -3.15. The second-order valence-electron chi connectivity index (χ2n) is 6.65. The number of amides is 1. The molecule has 1 aromatic heterocycles. The van der Waals surface area contributed by atoms with Crippen LogP contribution in [-0.2, 0) is 13.1 Å². The van der Waals surface area contributed by atoms with Crippen LogP contribution < -0.4 is 10.2 Å². The van der Waals surface area contributed by atoms with Gasteiger partial charge in [-0.05, 0) is 43.2 Å². The van der Waals surface area contributed by atoms with E-state index in [1.54, 1.807) is 0 Å². The van der Waals surface area contributed by atoms with Crippen LogP contribution in [0.25, 0.3) is 0 Å². The minimum Gasteiger partial charge on any atom is -0.363 e. The summed E-state index contributed by atoms with van der Waals surface area (Å²) in [6, 6.07) is 15.9. The highest BCUT2D eigenvalue weighted by molar-refractivity contribution is 5.95. The summed E-state index contributed by atoms with van der Waals surface area (Å²) < 4.78 is 0. The van der Waals surface area contributed by atoms with E-state index in [0.717, 1.165) is 24.6 Å². The molecule has 132 valence electrons. The minimum absolute atomic E-state index is 0.126. The number of benzene rings is 2. The monoisotopic (exact) mass is 347 g/mol.